The van der Waals surface area contributed by atoms with E-state index < -0.39 is 0 Å². The van der Waals surface area contributed by atoms with E-state index in [0.717, 1.165) is 42.5 Å². The molecule has 0 bridgehead atoms. The Balaban J connectivity index is 1.44. The third kappa shape index (κ3) is 4.18. The highest BCUT2D eigenvalue weighted by molar-refractivity contribution is 7.71. The Bertz CT molecular complexity index is 1420. The van der Waals surface area contributed by atoms with E-state index in [1.807, 2.05) is 32.0 Å². The Morgan fingerprint density at radius 2 is 1.91 bits per heavy atom. The lowest BCUT2D eigenvalue weighted by Gasteiger charge is -2.32. The molecule has 1 atom stereocenters. The molecule has 176 valence electrons. The second kappa shape index (κ2) is 8.83. The van der Waals surface area contributed by atoms with Gasteiger partial charge in [0.25, 0.3) is 11.5 Å². The summed E-state index contributed by atoms with van der Waals surface area (Å²) in [5, 5.41) is 3.52. The van der Waals surface area contributed by atoms with Crippen LogP contribution in [0.1, 0.15) is 47.2 Å². The van der Waals surface area contributed by atoms with Gasteiger partial charge in [-0.2, -0.15) is 0 Å². The van der Waals surface area contributed by atoms with E-state index >= 15 is 0 Å². The van der Waals surface area contributed by atoms with E-state index in [-0.39, 0.29) is 28.1 Å². The molecule has 1 aliphatic carbocycles. The molecule has 1 saturated carbocycles. The Hall–Kier alpha value is -3.26. The minimum atomic E-state index is -0.221. The van der Waals surface area contributed by atoms with E-state index in [1.165, 1.54) is 4.57 Å². The molecule has 3 aromatic rings. The lowest BCUT2D eigenvalue weighted by Crippen LogP contribution is -2.45. The van der Waals surface area contributed by atoms with Crippen molar-refractivity contribution in [1.82, 2.24) is 19.8 Å². The highest BCUT2D eigenvalue weighted by Gasteiger charge is 2.32. The summed E-state index contributed by atoms with van der Waals surface area (Å²) in [6.07, 6.45) is 3.69. The van der Waals surface area contributed by atoms with E-state index in [2.05, 4.69) is 10.3 Å². The summed E-state index contributed by atoms with van der Waals surface area (Å²) >= 11 is 5.54. The third-order valence-corrected chi connectivity index (χ3v) is 7.25. The number of aromatic nitrogens is 2. The topological polar surface area (TPSA) is 87.2 Å². The van der Waals surface area contributed by atoms with Gasteiger partial charge in [0.15, 0.2) is 4.77 Å². The molecule has 1 saturated heterocycles. The van der Waals surface area contributed by atoms with Gasteiger partial charge in [0.05, 0.1) is 22.5 Å². The molecule has 2 heterocycles. The van der Waals surface area contributed by atoms with Crippen LogP contribution in [0.3, 0.4) is 0 Å². The average molecular weight is 477 g/mol. The number of carbonyl (C=O) groups excluding carboxylic acids is 2. The third-order valence-electron chi connectivity index (χ3n) is 6.96. The molecular formula is C26H28N4O3S. The smallest absolute Gasteiger partial charge is 0.266 e. The highest BCUT2D eigenvalue weighted by Crippen LogP contribution is 2.24. The number of hydrogen-bond acceptors (Lipinski definition) is 4. The SMILES string of the molecule is Cc1cccc(-n2c(=S)[nH]c3cc(C(=O)N4CCCC(C(=O)NC5CC5)C4)ccc3c2=O)c1C. The van der Waals surface area contributed by atoms with Crippen molar-refractivity contribution < 1.29 is 9.59 Å². The van der Waals surface area contributed by atoms with Gasteiger partial charge in [0.1, 0.15) is 0 Å². The zero-order valence-corrected chi connectivity index (χ0v) is 20.2. The van der Waals surface area contributed by atoms with Crippen molar-refractivity contribution in [3.63, 3.8) is 0 Å². The molecule has 0 radical (unpaired) electrons. The van der Waals surface area contributed by atoms with Crippen LogP contribution in [0.5, 0.6) is 0 Å². The molecule has 8 heteroatoms. The largest absolute Gasteiger partial charge is 0.353 e. The van der Waals surface area contributed by atoms with E-state index in [4.69, 9.17) is 12.2 Å². The predicted molar refractivity (Wildman–Crippen MR) is 134 cm³/mol. The van der Waals surface area contributed by atoms with Crippen molar-refractivity contribution in [1.29, 1.82) is 0 Å². The first kappa shape index (κ1) is 22.5. The van der Waals surface area contributed by atoms with Crippen LogP contribution in [0.4, 0.5) is 0 Å². The molecule has 0 spiro atoms. The standard InChI is InChI=1S/C26H28N4O3S/c1-15-5-3-7-22(16(15)2)30-25(33)20-11-8-17(13-21(20)28-26(30)34)24(32)29-12-4-6-18(14-29)23(31)27-19-9-10-19/h3,5,7-8,11,13,18-19H,4,6,9-10,12,14H2,1-2H3,(H,27,31)(H,28,34). The molecule has 2 amide bonds. The number of likely N-dealkylation sites (tertiary alicyclic amines) is 1. The lowest BCUT2D eigenvalue weighted by molar-refractivity contribution is -0.126. The Morgan fingerprint density at radius 3 is 2.68 bits per heavy atom. The van der Waals surface area contributed by atoms with Gasteiger partial charge < -0.3 is 15.2 Å². The number of aryl methyl sites for hydroxylation is 1. The fourth-order valence-electron chi connectivity index (χ4n) is 4.65. The number of nitrogens with one attached hydrogen (secondary N) is 2. The maximum Gasteiger partial charge on any atom is 0.266 e. The number of rotatable bonds is 4. The number of H-pyrrole nitrogens is 1. The highest BCUT2D eigenvalue weighted by atomic mass is 32.1. The van der Waals surface area contributed by atoms with Gasteiger partial charge in [-0.15, -0.1) is 0 Å². The van der Waals surface area contributed by atoms with Crippen LogP contribution in [0, 0.1) is 24.5 Å². The molecule has 2 aromatic carbocycles. The van der Waals surface area contributed by atoms with E-state index in [9.17, 15) is 14.4 Å². The maximum atomic E-state index is 13.3. The lowest BCUT2D eigenvalue weighted by atomic mass is 9.96. The summed E-state index contributed by atoms with van der Waals surface area (Å²) in [6.45, 7) is 5.00. The number of piperidine rings is 1. The zero-order chi connectivity index (χ0) is 24.0. The molecule has 1 aromatic heterocycles. The van der Waals surface area contributed by atoms with Crippen LogP contribution in [-0.4, -0.2) is 45.4 Å². The molecule has 5 rings (SSSR count). The summed E-state index contributed by atoms with van der Waals surface area (Å²) in [7, 11) is 0. The van der Waals surface area contributed by atoms with Gasteiger partial charge >= 0.3 is 0 Å². The van der Waals surface area contributed by atoms with Gasteiger partial charge in [0, 0.05) is 24.7 Å². The second-order valence-corrected chi connectivity index (χ2v) is 9.81. The number of fused-ring (bicyclic) bond motifs is 1. The normalized spacial score (nSPS) is 18.2. The molecule has 7 nitrogen and oxygen atoms in total. The van der Waals surface area contributed by atoms with Crippen molar-refractivity contribution in [3.8, 4) is 5.69 Å². The number of benzene rings is 2. The molecule has 2 N–H and O–H groups in total. The molecule has 2 fully saturated rings. The van der Waals surface area contributed by atoms with E-state index in [1.54, 1.807) is 23.1 Å². The van der Waals surface area contributed by atoms with E-state index in [0.29, 0.717) is 35.6 Å². The monoisotopic (exact) mass is 476 g/mol. The van der Waals surface area contributed by atoms with Crippen LogP contribution in [0.15, 0.2) is 41.2 Å². The quantitative estimate of drug-likeness (QED) is 0.561. The van der Waals surface area contributed by atoms with Crippen LogP contribution >= 0.6 is 12.2 Å². The Kier molecular flexibility index (Phi) is 5.85. The van der Waals surface area contributed by atoms with Gasteiger partial charge in [-0.1, -0.05) is 12.1 Å². The van der Waals surface area contributed by atoms with Gasteiger partial charge in [-0.3, -0.25) is 19.0 Å². The minimum absolute atomic E-state index is 0.0505. The first-order valence-electron chi connectivity index (χ1n) is 11.8. The summed E-state index contributed by atoms with van der Waals surface area (Å²) < 4.78 is 1.79. The zero-order valence-electron chi connectivity index (χ0n) is 19.4. The molecule has 2 aliphatic rings. The molecule has 1 aliphatic heterocycles. The second-order valence-electron chi connectivity index (χ2n) is 9.42. The number of carbonyl (C=O) groups is 2. The van der Waals surface area contributed by atoms with Crippen molar-refractivity contribution in [2.45, 2.75) is 45.6 Å². The molecule has 34 heavy (non-hydrogen) atoms. The first-order valence-corrected chi connectivity index (χ1v) is 12.2. The fourth-order valence-corrected chi connectivity index (χ4v) is 4.94. The summed E-state index contributed by atoms with van der Waals surface area (Å²) in [6, 6.07) is 11.1. The first-order chi connectivity index (χ1) is 16.3. The van der Waals surface area contributed by atoms with Crippen molar-refractivity contribution in [2.75, 3.05) is 13.1 Å². The number of aromatic amines is 1. The fraction of sp³-hybridized carbons (Fsp3) is 0.385. The van der Waals surface area contributed by atoms with Gasteiger partial charge in [-0.05, 0) is 87.1 Å². The van der Waals surface area contributed by atoms with Gasteiger partial charge in [0.2, 0.25) is 5.91 Å². The Labute approximate surface area is 202 Å². The average Bonchev–Trinajstić information content (AvgIpc) is 3.65. The predicted octanol–water partition coefficient (Wildman–Crippen LogP) is 3.80. The van der Waals surface area contributed by atoms with Crippen LogP contribution in [0.2, 0.25) is 0 Å². The summed E-state index contributed by atoms with van der Waals surface area (Å²) in [5.74, 6) is -0.257. The minimum Gasteiger partial charge on any atom is -0.353 e. The summed E-state index contributed by atoms with van der Waals surface area (Å²) in [5.41, 5.74) is 3.59. The van der Waals surface area contributed by atoms with Crippen molar-refractivity contribution in [3.05, 3.63) is 68.2 Å². The van der Waals surface area contributed by atoms with Gasteiger partial charge in [-0.25, -0.2) is 0 Å². The number of amides is 2. The maximum absolute atomic E-state index is 13.3. The van der Waals surface area contributed by atoms with Crippen LogP contribution < -0.4 is 10.9 Å². The number of nitrogens with zero attached hydrogens (tertiary/aromatic N) is 2. The summed E-state index contributed by atoms with van der Waals surface area (Å²) in [4.78, 5) is 44.0. The molecular weight excluding hydrogens is 448 g/mol. The Morgan fingerprint density at radius 1 is 1.12 bits per heavy atom. The number of hydrogen-bond donors (Lipinski definition) is 2. The van der Waals surface area contributed by atoms with Crippen molar-refractivity contribution in [2.24, 2.45) is 5.92 Å². The van der Waals surface area contributed by atoms with Crippen molar-refractivity contribution >= 4 is 34.9 Å². The molecule has 1 unspecified atom stereocenters. The van der Waals surface area contributed by atoms with Crippen LogP contribution in [0.25, 0.3) is 16.6 Å². The van der Waals surface area contributed by atoms with Crippen LogP contribution in [-0.2, 0) is 4.79 Å².